The summed E-state index contributed by atoms with van der Waals surface area (Å²) in [6.07, 6.45) is 1.83. The number of hydroxylamine groups is 2. The average Bonchev–Trinajstić information content (AvgIpc) is 2.37. The number of nitrogens with zero attached hydrogens (tertiary/aromatic N) is 3. The van der Waals surface area contributed by atoms with Crippen molar-refractivity contribution in [2.24, 2.45) is 5.92 Å². The lowest BCUT2D eigenvalue weighted by molar-refractivity contribution is 0.352. The van der Waals surface area contributed by atoms with Crippen molar-refractivity contribution < 1.29 is 0 Å². The molecule has 1 unspecified atom stereocenters. The fourth-order valence-corrected chi connectivity index (χ4v) is 3.21. The van der Waals surface area contributed by atoms with Gasteiger partial charge in [-0.25, -0.2) is 10.4 Å². The Morgan fingerprint density at radius 3 is 2.95 bits per heavy atom. The molecule has 0 radical (unpaired) electrons. The van der Waals surface area contributed by atoms with Gasteiger partial charge in [0.25, 0.3) is 0 Å². The Labute approximate surface area is 119 Å². The van der Waals surface area contributed by atoms with Crippen molar-refractivity contribution in [2.75, 3.05) is 24.6 Å². The fourth-order valence-electron chi connectivity index (χ4n) is 3.21. The van der Waals surface area contributed by atoms with Crippen molar-refractivity contribution in [3.8, 4) is 0 Å². The lowest BCUT2D eigenvalue weighted by Gasteiger charge is -2.44. The van der Waals surface area contributed by atoms with Gasteiger partial charge in [0, 0.05) is 24.3 Å². The summed E-state index contributed by atoms with van der Waals surface area (Å²) in [6.45, 7) is 8.16. The molecule has 1 N–H and O–H groups in total. The molecule has 0 spiro atoms. The number of aromatic nitrogens is 1. The maximum absolute atomic E-state index is 11.8. The number of hydrogen-bond donors (Lipinski definition) is 1. The summed E-state index contributed by atoms with van der Waals surface area (Å²) < 4.78 is 0. The maximum atomic E-state index is 11.8. The predicted molar refractivity (Wildman–Crippen MR) is 80.9 cm³/mol. The van der Waals surface area contributed by atoms with Gasteiger partial charge in [-0.1, -0.05) is 6.92 Å². The van der Waals surface area contributed by atoms with E-state index < -0.39 is 0 Å². The standard InChI is InChI=1S/C15H21N4O/c1-10(2)17-19-9-12-8-18(20)7-11(3)14(12)13-5-4-6-16-15(13)19/h4-6,10-11,17H,7-9H2,1-3H3/q-1. The molecule has 108 valence electrons. The molecule has 0 saturated carbocycles. The Balaban J connectivity index is 2.05. The fraction of sp³-hybridized carbons (Fsp3) is 0.533. The van der Waals surface area contributed by atoms with Crippen molar-refractivity contribution in [3.05, 3.63) is 34.7 Å². The van der Waals surface area contributed by atoms with Crippen LogP contribution >= 0.6 is 0 Å². The van der Waals surface area contributed by atoms with Crippen LogP contribution in [0.4, 0.5) is 5.82 Å². The lowest BCUT2D eigenvalue weighted by atomic mass is 9.84. The molecule has 1 aromatic rings. The summed E-state index contributed by atoms with van der Waals surface area (Å²) in [4.78, 5) is 4.54. The van der Waals surface area contributed by atoms with Gasteiger partial charge in [0.1, 0.15) is 0 Å². The van der Waals surface area contributed by atoms with Crippen LogP contribution in [0.15, 0.2) is 23.9 Å². The zero-order valence-corrected chi connectivity index (χ0v) is 12.3. The molecule has 0 saturated heterocycles. The molecule has 2 aliphatic heterocycles. The third-order valence-electron chi connectivity index (χ3n) is 3.81. The van der Waals surface area contributed by atoms with Crippen LogP contribution in [0.5, 0.6) is 0 Å². The van der Waals surface area contributed by atoms with E-state index in [9.17, 15) is 5.21 Å². The molecular formula is C15H21N4O-. The monoisotopic (exact) mass is 273 g/mol. The van der Waals surface area contributed by atoms with Gasteiger partial charge in [-0.3, -0.25) is 5.01 Å². The normalized spacial score (nSPS) is 23.1. The summed E-state index contributed by atoms with van der Waals surface area (Å²) in [5.74, 6) is 1.24. The second kappa shape index (κ2) is 5.16. The van der Waals surface area contributed by atoms with Gasteiger partial charge in [-0.05, 0) is 49.6 Å². The van der Waals surface area contributed by atoms with Crippen LogP contribution in [0.1, 0.15) is 26.3 Å². The van der Waals surface area contributed by atoms with Crippen molar-refractivity contribution in [1.29, 1.82) is 0 Å². The molecule has 5 heteroatoms. The number of pyridine rings is 1. The number of rotatable bonds is 2. The second-order valence-electron chi connectivity index (χ2n) is 5.99. The van der Waals surface area contributed by atoms with Gasteiger partial charge < -0.3 is 10.3 Å². The minimum Gasteiger partial charge on any atom is -0.785 e. The van der Waals surface area contributed by atoms with E-state index in [1.807, 2.05) is 12.3 Å². The SMILES string of the molecule is CC(C)NN1CC2=C(c3cccnc31)C(C)CN([O-])C2. The van der Waals surface area contributed by atoms with Crippen molar-refractivity contribution in [3.63, 3.8) is 0 Å². The molecule has 0 aromatic carbocycles. The first-order valence-corrected chi connectivity index (χ1v) is 7.19. The average molecular weight is 273 g/mol. The van der Waals surface area contributed by atoms with Crippen molar-refractivity contribution >= 4 is 11.4 Å². The third kappa shape index (κ3) is 2.32. The number of hydrogen-bond acceptors (Lipinski definition) is 5. The summed E-state index contributed by atoms with van der Waals surface area (Å²) in [5.41, 5.74) is 7.12. The minimum absolute atomic E-state index is 0.264. The zero-order valence-electron chi connectivity index (χ0n) is 12.3. The van der Waals surface area contributed by atoms with Gasteiger partial charge in [-0.15, -0.1) is 0 Å². The molecule has 1 aromatic heterocycles. The lowest BCUT2D eigenvalue weighted by Crippen LogP contribution is -2.48. The molecule has 3 rings (SSSR count). The Hall–Kier alpha value is -1.43. The molecule has 0 fully saturated rings. The highest BCUT2D eigenvalue weighted by Crippen LogP contribution is 2.39. The first kappa shape index (κ1) is 13.5. The van der Waals surface area contributed by atoms with E-state index in [2.05, 4.69) is 42.3 Å². The first-order valence-electron chi connectivity index (χ1n) is 7.19. The molecule has 20 heavy (non-hydrogen) atoms. The summed E-state index contributed by atoms with van der Waals surface area (Å²) in [6, 6.07) is 4.41. The third-order valence-corrected chi connectivity index (χ3v) is 3.81. The molecular weight excluding hydrogens is 252 g/mol. The molecule has 5 nitrogen and oxygen atoms in total. The Morgan fingerprint density at radius 1 is 1.40 bits per heavy atom. The van der Waals surface area contributed by atoms with E-state index in [1.165, 1.54) is 21.8 Å². The van der Waals surface area contributed by atoms with Crippen LogP contribution in [0.2, 0.25) is 0 Å². The van der Waals surface area contributed by atoms with Crippen LogP contribution in [0.3, 0.4) is 0 Å². The highest BCUT2D eigenvalue weighted by Gasteiger charge is 2.31. The van der Waals surface area contributed by atoms with Crippen LogP contribution in [0, 0.1) is 11.1 Å². The van der Waals surface area contributed by atoms with Gasteiger partial charge in [0.05, 0.1) is 6.54 Å². The number of anilines is 1. The molecule has 0 amide bonds. The summed E-state index contributed by atoms with van der Waals surface area (Å²) in [7, 11) is 0. The van der Waals surface area contributed by atoms with Crippen LogP contribution in [0.25, 0.3) is 5.57 Å². The Kier molecular flexibility index (Phi) is 3.50. The van der Waals surface area contributed by atoms with Gasteiger partial charge >= 0.3 is 0 Å². The van der Waals surface area contributed by atoms with Gasteiger partial charge in [-0.2, -0.15) is 0 Å². The molecule has 3 heterocycles. The van der Waals surface area contributed by atoms with Crippen LogP contribution in [-0.4, -0.2) is 35.7 Å². The molecule has 0 aliphatic carbocycles. The Bertz CT molecular complexity index is 540. The highest BCUT2D eigenvalue weighted by atomic mass is 16.5. The number of nitrogens with one attached hydrogen (secondary N) is 1. The summed E-state index contributed by atoms with van der Waals surface area (Å²) in [5, 5.41) is 15.0. The van der Waals surface area contributed by atoms with Crippen molar-refractivity contribution in [2.45, 2.75) is 26.8 Å². The predicted octanol–water partition coefficient (Wildman–Crippen LogP) is 2.02. The van der Waals surface area contributed by atoms with Gasteiger partial charge in [0.2, 0.25) is 0 Å². The number of hydrazine groups is 1. The van der Waals surface area contributed by atoms with Crippen LogP contribution in [-0.2, 0) is 0 Å². The Morgan fingerprint density at radius 2 is 2.20 bits per heavy atom. The minimum atomic E-state index is 0.264. The highest BCUT2D eigenvalue weighted by molar-refractivity contribution is 5.82. The van der Waals surface area contributed by atoms with E-state index >= 15 is 0 Å². The number of fused-ring (bicyclic) bond motifs is 2. The largest absolute Gasteiger partial charge is 0.785 e. The molecule has 2 aliphatic rings. The van der Waals surface area contributed by atoms with E-state index in [0.29, 0.717) is 19.1 Å². The van der Waals surface area contributed by atoms with E-state index in [1.54, 1.807) is 0 Å². The van der Waals surface area contributed by atoms with E-state index in [4.69, 9.17) is 0 Å². The quantitative estimate of drug-likeness (QED) is 0.893. The maximum Gasteiger partial charge on any atom is 0.150 e. The molecule has 1 atom stereocenters. The van der Waals surface area contributed by atoms with E-state index in [0.717, 1.165) is 12.4 Å². The first-order chi connectivity index (χ1) is 9.56. The topological polar surface area (TPSA) is 54.5 Å². The second-order valence-corrected chi connectivity index (χ2v) is 5.99. The zero-order chi connectivity index (χ0) is 14.3. The van der Waals surface area contributed by atoms with Crippen LogP contribution < -0.4 is 10.4 Å². The smallest absolute Gasteiger partial charge is 0.150 e. The summed E-state index contributed by atoms with van der Waals surface area (Å²) >= 11 is 0. The van der Waals surface area contributed by atoms with Gasteiger partial charge in [0.15, 0.2) is 5.82 Å². The van der Waals surface area contributed by atoms with E-state index in [-0.39, 0.29) is 5.92 Å². The van der Waals surface area contributed by atoms with Crippen molar-refractivity contribution in [1.82, 2.24) is 15.5 Å². The molecule has 0 bridgehead atoms.